The van der Waals surface area contributed by atoms with Crippen molar-refractivity contribution in [1.29, 1.82) is 0 Å². The van der Waals surface area contributed by atoms with Crippen LogP contribution in [-0.4, -0.2) is 66.7 Å². The number of para-hydroxylation sites is 1. The zero-order valence-corrected chi connectivity index (χ0v) is 22.6. The fraction of sp³-hybridized carbons (Fsp3) is 0.533. The summed E-state index contributed by atoms with van der Waals surface area (Å²) in [6, 6.07) is 15.2. The van der Waals surface area contributed by atoms with E-state index in [0.717, 1.165) is 24.2 Å². The molecule has 2 heterocycles. The number of hydrogen-bond acceptors (Lipinski definition) is 5. The minimum absolute atomic E-state index is 0.0818. The standard InChI is InChI=1S/C30H37F3N2O4/c1-3-7-22-10-12-23(13-11-22)27(36)35-18-15-29(16-19-35)14-17-34(21-26(29)39-28(37)30(31,32)33)20-24-8-5-6-9-25(24)38-4-2/h5-6,8-13,26H,3-4,7,14-21H2,1-2H3. The lowest BCUT2D eigenvalue weighted by molar-refractivity contribution is -0.216. The van der Waals surface area contributed by atoms with Gasteiger partial charge < -0.3 is 14.4 Å². The maximum atomic E-state index is 13.2. The van der Waals surface area contributed by atoms with Crippen LogP contribution < -0.4 is 4.74 Å². The van der Waals surface area contributed by atoms with Crippen LogP contribution in [0.1, 0.15) is 61.0 Å². The molecule has 0 aromatic heterocycles. The van der Waals surface area contributed by atoms with Crippen molar-refractivity contribution in [3.05, 3.63) is 65.2 Å². The first-order valence-corrected chi connectivity index (χ1v) is 13.7. The molecule has 2 aliphatic heterocycles. The number of carbonyl (C=O) groups excluding carboxylic acids is 2. The number of amides is 1. The van der Waals surface area contributed by atoms with Crippen molar-refractivity contribution >= 4 is 11.9 Å². The smallest absolute Gasteiger partial charge is 0.490 e. The van der Waals surface area contributed by atoms with Gasteiger partial charge in [-0.25, -0.2) is 4.79 Å². The monoisotopic (exact) mass is 546 g/mol. The van der Waals surface area contributed by atoms with Crippen LogP contribution in [0.5, 0.6) is 5.75 Å². The van der Waals surface area contributed by atoms with Crippen LogP contribution in [0.15, 0.2) is 48.5 Å². The zero-order chi connectivity index (χ0) is 28.0. The highest BCUT2D eigenvalue weighted by Gasteiger charge is 2.51. The van der Waals surface area contributed by atoms with Crippen LogP contribution in [-0.2, 0) is 22.5 Å². The highest BCUT2D eigenvalue weighted by Crippen LogP contribution is 2.44. The second-order valence-electron chi connectivity index (χ2n) is 10.5. The first-order chi connectivity index (χ1) is 18.6. The van der Waals surface area contributed by atoms with E-state index < -0.39 is 23.7 Å². The van der Waals surface area contributed by atoms with E-state index in [1.54, 1.807) is 4.90 Å². The molecule has 1 unspecified atom stereocenters. The molecular formula is C30H37F3N2O4. The summed E-state index contributed by atoms with van der Waals surface area (Å²) in [5, 5.41) is 0. The number of carbonyl (C=O) groups is 2. The van der Waals surface area contributed by atoms with Crippen LogP contribution in [0, 0.1) is 5.41 Å². The molecule has 2 aromatic rings. The molecule has 4 rings (SSSR count). The number of halogens is 3. The number of piperidine rings is 2. The topological polar surface area (TPSA) is 59.1 Å². The molecule has 0 saturated carbocycles. The highest BCUT2D eigenvalue weighted by molar-refractivity contribution is 5.94. The van der Waals surface area contributed by atoms with Gasteiger partial charge in [-0.15, -0.1) is 0 Å². The Labute approximate surface area is 228 Å². The maximum absolute atomic E-state index is 13.2. The number of rotatable bonds is 8. The Kier molecular flexibility index (Phi) is 9.20. The summed E-state index contributed by atoms with van der Waals surface area (Å²) in [6.07, 6.45) is -2.48. The van der Waals surface area contributed by atoms with Gasteiger partial charge >= 0.3 is 12.1 Å². The fourth-order valence-electron chi connectivity index (χ4n) is 5.75. The zero-order valence-electron chi connectivity index (χ0n) is 22.6. The summed E-state index contributed by atoms with van der Waals surface area (Å²) in [6.45, 7) is 6.63. The average molecular weight is 547 g/mol. The van der Waals surface area contributed by atoms with Gasteiger partial charge in [-0.05, 0) is 62.9 Å². The van der Waals surface area contributed by atoms with Gasteiger partial charge in [0.2, 0.25) is 0 Å². The Morgan fingerprint density at radius 2 is 1.64 bits per heavy atom. The quantitative estimate of drug-likeness (QED) is 0.401. The predicted molar refractivity (Wildman–Crippen MR) is 141 cm³/mol. The van der Waals surface area contributed by atoms with E-state index in [0.29, 0.717) is 57.6 Å². The summed E-state index contributed by atoms with van der Waals surface area (Å²) >= 11 is 0. The normalized spacial score (nSPS) is 19.6. The molecule has 6 nitrogen and oxygen atoms in total. The number of esters is 1. The van der Waals surface area contributed by atoms with E-state index in [9.17, 15) is 22.8 Å². The van der Waals surface area contributed by atoms with Gasteiger partial charge in [0.05, 0.1) is 6.61 Å². The summed E-state index contributed by atoms with van der Waals surface area (Å²) in [5.41, 5.74) is 2.10. The molecule has 9 heteroatoms. The SMILES string of the molecule is CCCc1ccc(C(=O)N2CCC3(CCN(Cc4ccccc4OCC)CC3OC(=O)C(F)(F)F)CC2)cc1. The third kappa shape index (κ3) is 6.93. The second kappa shape index (κ2) is 12.4. The number of ether oxygens (including phenoxy) is 2. The summed E-state index contributed by atoms with van der Waals surface area (Å²) in [4.78, 5) is 28.9. The number of benzene rings is 2. The van der Waals surface area contributed by atoms with Crippen LogP contribution >= 0.6 is 0 Å². The second-order valence-corrected chi connectivity index (χ2v) is 10.5. The van der Waals surface area contributed by atoms with Crippen LogP contribution in [0.25, 0.3) is 0 Å². The molecule has 0 bridgehead atoms. The summed E-state index contributed by atoms with van der Waals surface area (Å²) in [7, 11) is 0. The van der Waals surface area contributed by atoms with Crippen molar-refractivity contribution in [2.24, 2.45) is 5.41 Å². The lowest BCUT2D eigenvalue weighted by Crippen LogP contribution is -2.57. The lowest BCUT2D eigenvalue weighted by atomic mass is 9.69. The van der Waals surface area contributed by atoms with Crippen molar-refractivity contribution in [2.45, 2.75) is 64.8 Å². The van der Waals surface area contributed by atoms with Gasteiger partial charge in [-0.1, -0.05) is 43.7 Å². The lowest BCUT2D eigenvalue weighted by Gasteiger charge is -2.51. The first kappa shape index (κ1) is 28.9. The maximum Gasteiger partial charge on any atom is 0.490 e. The third-order valence-corrected chi connectivity index (χ3v) is 7.97. The van der Waals surface area contributed by atoms with Crippen molar-refractivity contribution in [3.63, 3.8) is 0 Å². The number of likely N-dealkylation sites (tertiary alicyclic amines) is 2. The summed E-state index contributed by atoms with van der Waals surface area (Å²) < 4.78 is 50.5. The van der Waals surface area contributed by atoms with E-state index in [1.165, 1.54) is 5.56 Å². The Morgan fingerprint density at radius 1 is 0.974 bits per heavy atom. The van der Waals surface area contributed by atoms with Gasteiger partial charge in [0.1, 0.15) is 11.9 Å². The molecule has 1 amide bonds. The molecule has 1 atom stereocenters. The third-order valence-electron chi connectivity index (χ3n) is 7.97. The predicted octanol–water partition coefficient (Wildman–Crippen LogP) is 5.64. The molecule has 2 aliphatic rings. The summed E-state index contributed by atoms with van der Waals surface area (Å²) in [5.74, 6) is -1.51. The van der Waals surface area contributed by atoms with Gasteiger partial charge in [-0.3, -0.25) is 9.69 Å². The largest absolute Gasteiger partial charge is 0.494 e. The Morgan fingerprint density at radius 3 is 2.28 bits per heavy atom. The van der Waals surface area contributed by atoms with E-state index in [4.69, 9.17) is 9.47 Å². The average Bonchev–Trinajstić information content (AvgIpc) is 2.92. The van der Waals surface area contributed by atoms with Crippen molar-refractivity contribution in [2.75, 3.05) is 32.8 Å². The van der Waals surface area contributed by atoms with E-state index in [2.05, 4.69) is 6.92 Å². The Bertz CT molecular complexity index is 1130. The Balaban J connectivity index is 1.46. The highest BCUT2D eigenvalue weighted by atomic mass is 19.4. The van der Waals surface area contributed by atoms with Gasteiger partial charge in [0.15, 0.2) is 0 Å². The number of aryl methyl sites for hydroxylation is 1. The molecule has 0 radical (unpaired) electrons. The molecular weight excluding hydrogens is 509 g/mol. The van der Waals surface area contributed by atoms with E-state index >= 15 is 0 Å². The molecule has 212 valence electrons. The molecule has 2 fully saturated rings. The molecule has 1 spiro atoms. The molecule has 2 aromatic carbocycles. The van der Waals surface area contributed by atoms with Gasteiger partial charge in [0.25, 0.3) is 5.91 Å². The van der Waals surface area contributed by atoms with Gasteiger partial charge in [-0.2, -0.15) is 13.2 Å². The fourth-order valence-corrected chi connectivity index (χ4v) is 5.75. The minimum Gasteiger partial charge on any atom is -0.494 e. The van der Waals surface area contributed by atoms with Crippen LogP contribution in [0.3, 0.4) is 0 Å². The van der Waals surface area contributed by atoms with Crippen LogP contribution in [0.4, 0.5) is 13.2 Å². The minimum atomic E-state index is -5.06. The number of alkyl halides is 3. The Hall–Kier alpha value is -3.07. The number of nitrogens with zero attached hydrogens (tertiary/aromatic N) is 2. The van der Waals surface area contributed by atoms with E-state index in [1.807, 2.05) is 60.4 Å². The first-order valence-electron chi connectivity index (χ1n) is 13.7. The van der Waals surface area contributed by atoms with Crippen LogP contribution in [0.2, 0.25) is 0 Å². The van der Waals surface area contributed by atoms with Gasteiger partial charge in [0, 0.05) is 42.7 Å². The van der Waals surface area contributed by atoms with E-state index in [-0.39, 0.29) is 12.5 Å². The molecule has 0 N–H and O–H groups in total. The molecule has 0 aliphatic carbocycles. The number of hydrogen-bond donors (Lipinski definition) is 0. The molecule has 2 saturated heterocycles. The van der Waals surface area contributed by atoms with Crippen molar-refractivity contribution in [1.82, 2.24) is 9.80 Å². The van der Waals surface area contributed by atoms with Crippen molar-refractivity contribution < 1.29 is 32.2 Å². The van der Waals surface area contributed by atoms with Crippen molar-refractivity contribution in [3.8, 4) is 5.75 Å². The molecule has 39 heavy (non-hydrogen) atoms.